The Kier molecular flexibility index (Phi) is 5.40. The molecule has 0 bridgehead atoms. The van der Waals surface area contributed by atoms with Gasteiger partial charge >= 0.3 is 0 Å². The van der Waals surface area contributed by atoms with Gasteiger partial charge in [0, 0.05) is 9.13 Å². The van der Waals surface area contributed by atoms with Crippen LogP contribution < -0.4 is 20.7 Å². The molecule has 0 aliphatic heterocycles. The van der Waals surface area contributed by atoms with Gasteiger partial charge in [-0.05, 0) is 58.5 Å². The van der Waals surface area contributed by atoms with Gasteiger partial charge in [-0.2, -0.15) is 0 Å². The van der Waals surface area contributed by atoms with Crippen LogP contribution in [0.5, 0.6) is 11.5 Å². The Morgan fingerprint density at radius 3 is 2.52 bits per heavy atom. The summed E-state index contributed by atoms with van der Waals surface area (Å²) in [4.78, 5) is 11.5. The van der Waals surface area contributed by atoms with Crippen LogP contribution in [0, 0.1) is 3.57 Å². The van der Waals surface area contributed by atoms with Crippen LogP contribution in [0.2, 0.25) is 0 Å². The van der Waals surface area contributed by atoms with Crippen LogP contribution in [-0.2, 0) is 6.61 Å². The normalized spacial score (nSPS) is 10.0. The summed E-state index contributed by atoms with van der Waals surface area (Å²) in [7, 11) is 1.53. The fourth-order valence-electron chi connectivity index (χ4n) is 1.75. The molecule has 0 aliphatic carbocycles. The van der Waals surface area contributed by atoms with Crippen molar-refractivity contribution in [2.24, 2.45) is 5.84 Å². The number of hydrogen-bond donors (Lipinski definition) is 2. The lowest BCUT2D eigenvalue weighted by molar-refractivity contribution is 0.0953. The Balaban J connectivity index is 2.12. The van der Waals surface area contributed by atoms with Crippen molar-refractivity contribution in [2.75, 3.05) is 7.11 Å². The number of amides is 1. The monoisotopic (exact) mass is 398 g/mol. The maximum Gasteiger partial charge on any atom is 0.265 e. The molecule has 0 atom stereocenters. The van der Waals surface area contributed by atoms with E-state index in [4.69, 9.17) is 15.3 Å². The van der Waals surface area contributed by atoms with E-state index in [9.17, 15) is 4.79 Å². The average molecular weight is 398 g/mol. The molecule has 6 heteroatoms. The number of halogens is 1. The van der Waals surface area contributed by atoms with Crippen molar-refractivity contribution in [2.45, 2.75) is 6.61 Å². The van der Waals surface area contributed by atoms with Crippen molar-refractivity contribution in [3.63, 3.8) is 0 Å². The third-order valence-electron chi connectivity index (χ3n) is 2.86. The lowest BCUT2D eigenvalue weighted by Crippen LogP contribution is -2.29. The van der Waals surface area contributed by atoms with Crippen molar-refractivity contribution in [3.8, 4) is 11.5 Å². The van der Waals surface area contributed by atoms with E-state index >= 15 is 0 Å². The lowest BCUT2D eigenvalue weighted by atomic mass is 10.2. The van der Waals surface area contributed by atoms with Crippen molar-refractivity contribution in [3.05, 3.63) is 57.2 Å². The first kappa shape index (κ1) is 15.6. The van der Waals surface area contributed by atoms with Crippen LogP contribution in [0.15, 0.2) is 42.5 Å². The number of nitrogens with one attached hydrogen (secondary N) is 1. The van der Waals surface area contributed by atoms with Crippen LogP contribution in [0.3, 0.4) is 0 Å². The molecule has 0 heterocycles. The second kappa shape index (κ2) is 7.28. The quantitative estimate of drug-likeness (QED) is 0.351. The van der Waals surface area contributed by atoms with Crippen molar-refractivity contribution in [1.29, 1.82) is 0 Å². The number of carbonyl (C=O) groups excluding carboxylic acids is 1. The number of ether oxygens (including phenoxy) is 2. The van der Waals surface area contributed by atoms with E-state index < -0.39 is 0 Å². The summed E-state index contributed by atoms with van der Waals surface area (Å²) in [5.74, 6) is 5.79. The molecule has 5 nitrogen and oxygen atoms in total. The van der Waals surface area contributed by atoms with Gasteiger partial charge in [-0.25, -0.2) is 5.84 Å². The molecule has 0 saturated heterocycles. The first-order chi connectivity index (χ1) is 10.1. The Bertz CT molecular complexity index is 629. The SMILES string of the molecule is COc1cc(C(=O)NN)ccc1OCc1ccc(I)cc1. The van der Waals surface area contributed by atoms with E-state index in [1.54, 1.807) is 18.2 Å². The zero-order chi connectivity index (χ0) is 15.2. The summed E-state index contributed by atoms with van der Waals surface area (Å²) in [5.41, 5.74) is 3.55. The number of carbonyl (C=O) groups is 1. The maximum atomic E-state index is 11.5. The second-order valence-electron chi connectivity index (χ2n) is 4.25. The number of hydrogen-bond acceptors (Lipinski definition) is 4. The average Bonchev–Trinajstić information content (AvgIpc) is 2.53. The van der Waals surface area contributed by atoms with Gasteiger partial charge in [-0.1, -0.05) is 12.1 Å². The number of rotatable bonds is 5. The predicted octanol–water partition coefficient (Wildman–Crippen LogP) is 2.48. The van der Waals surface area contributed by atoms with Gasteiger partial charge in [0.05, 0.1) is 7.11 Å². The highest BCUT2D eigenvalue weighted by Gasteiger charge is 2.10. The summed E-state index contributed by atoms with van der Waals surface area (Å²) in [6.07, 6.45) is 0. The molecular formula is C15H15IN2O3. The highest BCUT2D eigenvalue weighted by Crippen LogP contribution is 2.28. The first-order valence-corrected chi connectivity index (χ1v) is 7.28. The number of nitrogens with two attached hydrogens (primary N) is 1. The Morgan fingerprint density at radius 1 is 1.19 bits per heavy atom. The topological polar surface area (TPSA) is 73.6 Å². The van der Waals surface area contributed by atoms with Gasteiger partial charge in [-0.3, -0.25) is 10.2 Å². The third-order valence-corrected chi connectivity index (χ3v) is 3.58. The van der Waals surface area contributed by atoms with Gasteiger partial charge in [-0.15, -0.1) is 0 Å². The fraction of sp³-hybridized carbons (Fsp3) is 0.133. The summed E-state index contributed by atoms with van der Waals surface area (Å²) in [6, 6.07) is 13.0. The first-order valence-electron chi connectivity index (χ1n) is 6.20. The standard InChI is InChI=1S/C15H15IN2O3/c1-20-14-8-11(15(19)18-17)4-7-13(14)21-9-10-2-5-12(16)6-3-10/h2-8H,9,17H2,1H3,(H,18,19). The van der Waals surface area contributed by atoms with Crippen molar-refractivity contribution in [1.82, 2.24) is 5.43 Å². The smallest absolute Gasteiger partial charge is 0.265 e. The third kappa shape index (κ3) is 4.08. The molecule has 0 unspecified atom stereocenters. The van der Waals surface area contributed by atoms with E-state index in [2.05, 4.69) is 28.0 Å². The van der Waals surface area contributed by atoms with Crippen LogP contribution in [0.4, 0.5) is 0 Å². The number of hydrazine groups is 1. The van der Waals surface area contributed by atoms with E-state index in [0.717, 1.165) is 5.56 Å². The molecule has 0 radical (unpaired) electrons. The molecule has 2 aromatic carbocycles. The number of methoxy groups -OCH3 is 1. The fourth-order valence-corrected chi connectivity index (χ4v) is 2.11. The zero-order valence-electron chi connectivity index (χ0n) is 11.4. The molecular weight excluding hydrogens is 383 g/mol. The van der Waals surface area contributed by atoms with Gasteiger partial charge < -0.3 is 9.47 Å². The molecule has 0 aromatic heterocycles. The van der Waals surface area contributed by atoms with Crippen LogP contribution in [0.25, 0.3) is 0 Å². The van der Waals surface area contributed by atoms with Gasteiger partial charge in [0.25, 0.3) is 5.91 Å². The molecule has 110 valence electrons. The highest BCUT2D eigenvalue weighted by molar-refractivity contribution is 14.1. The van der Waals surface area contributed by atoms with Gasteiger partial charge in [0.2, 0.25) is 0 Å². The maximum absolute atomic E-state index is 11.5. The minimum atomic E-state index is -0.377. The van der Waals surface area contributed by atoms with Gasteiger partial charge in [0.1, 0.15) is 6.61 Å². The Labute approximate surface area is 136 Å². The van der Waals surface area contributed by atoms with Gasteiger partial charge in [0.15, 0.2) is 11.5 Å². The summed E-state index contributed by atoms with van der Waals surface area (Å²) >= 11 is 2.25. The summed E-state index contributed by atoms with van der Waals surface area (Å²) in [6.45, 7) is 0.426. The molecule has 1 amide bonds. The predicted molar refractivity (Wildman–Crippen MR) is 88.1 cm³/mol. The molecule has 3 N–H and O–H groups in total. The minimum Gasteiger partial charge on any atom is -0.493 e. The molecule has 2 aromatic rings. The van der Waals surface area contributed by atoms with Crippen LogP contribution in [0.1, 0.15) is 15.9 Å². The molecule has 0 fully saturated rings. The van der Waals surface area contributed by atoms with E-state index in [-0.39, 0.29) is 5.91 Å². The second-order valence-corrected chi connectivity index (χ2v) is 5.50. The van der Waals surface area contributed by atoms with E-state index in [0.29, 0.717) is 23.7 Å². The van der Waals surface area contributed by atoms with Crippen LogP contribution >= 0.6 is 22.6 Å². The largest absolute Gasteiger partial charge is 0.493 e. The van der Waals surface area contributed by atoms with Crippen molar-refractivity contribution >= 4 is 28.5 Å². The Hall–Kier alpha value is -1.80. The number of benzene rings is 2. The Morgan fingerprint density at radius 2 is 1.90 bits per heavy atom. The van der Waals surface area contributed by atoms with Crippen LogP contribution in [-0.4, -0.2) is 13.0 Å². The highest BCUT2D eigenvalue weighted by atomic mass is 127. The van der Waals surface area contributed by atoms with E-state index in [1.807, 2.05) is 24.3 Å². The molecule has 0 saturated carbocycles. The minimum absolute atomic E-state index is 0.377. The number of nitrogen functional groups attached to an aromatic ring is 1. The summed E-state index contributed by atoms with van der Waals surface area (Å²) in [5, 5.41) is 0. The summed E-state index contributed by atoms with van der Waals surface area (Å²) < 4.78 is 12.1. The zero-order valence-corrected chi connectivity index (χ0v) is 13.6. The van der Waals surface area contributed by atoms with E-state index in [1.165, 1.54) is 10.7 Å². The molecule has 0 spiro atoms. The lowest BCUT2D eigenvalue weighted by Gasteiger charge is -2.12. The molecule has 0 aliphatic rings. The molecule has 21 heavy (non-hydrogen) atoms. The molecule has 2 rings (SSSR count). The van der Waals surface area contributed by atoms with Crippen molar-refractivity contribution < 1.29 is 14.3 Å².